The van der Waals surface area contributed by atoms with E-state index in [1.807, 2.05) is 31.1 Å². The third kappa shape index (κ3) is 3.28. The van der Waals surface area contributed by atoms with Crippen LogP contribution < -0.4 is 10.6 Å². The molecule has 0 fully saturated rings. The fourth-order valence-corrected chi connectivity index (χ4v) is 3.83. The van der Waals surface area contributed by atoms with Crippen LogP contribution in [0.25, 0.3) is 0 Å². The number of hydrogen-bond donors (Lipinski definition) is 1. The van der Waals surface area contributed by atoms with Gasteiger partial charge in [0.2, 0.25) is 0 Å². The van der Waals surface area contributed by atoms with Gasteiger partial charge in [-0.25, -0.2) is 12.8 Å². The lowest BCUT2D eigenvalue weighted by atomic mass is 10.1. The zero-order valence-corrected chi connectivity index (χ0v) is 13.3. The molecule has 0 saturated heterocycles. The van der Waals surface area contributed by atoms with Crippen LogP contribution in [-0.2, 0) is 9.84 Å². The first-order valence-corrected chi connectivity index (χ1v) is 8.37. The van der Waals surface area contributed by atoms with Crippen LogP contribution in [0.3, 0.4) is 0 Å². The van der Waals surface area contributed by atoms with Crippen LogP contribution in [0.5, 0.6) is 0 Å². The molecule has 0 radical (unpaired) electrons. The standard InChI is InChI=1S/C16H19FN2O2S/c1-19(2)14-7-3-12(4-8-14)16(11-18)22(20,21)15-9-5-13(17)6-10-15/h3-10,16H,11,18H2,1-2H3/t16-/m1/s1. The molecule has 0 aliphatic rings. The summed E-state index contributed by atoms with van der Waals surface area (Å²) < 4.78 is 38.3. The van der Waals surface area contributed by atoms with Crippen molar-refractivity contribution in [2.24, 2.45) is 5.73 Å². The molecular formula is C16H19FN2O2S. The molecule has 0 spiro atoms. The molecule has 0 saturated carbocycles. The summed E-state index contributed by atoms with van der Waals surface area (Å²) in [5.74, 6) is -0.474. The highest BCUT2D eigenvalue weighted by atomic mass is 32.2. The predicted octanol–water partition coefficient (Wildman–Crippen LogP) is 2.37. The molecule has 6 heteroatoms. The minimum atomic E-state index is -3.66. The van der Waals surface area contributed by atoms with E-state index in [1.165, 1.54) is 12.1 Å². The van der Waals surface area contributed by atoms with E-state index in [-0.39, 0.29) is 11.4 Å². The lowest BCUT2D eigenvalue weighted by Gasteiger charge is -2.18. The second kappa shape index (κ2) is 6.46. The monoisotopic (exact) mass is 322 g/mol. The Morgan fingerprint density at radius 3 is 2.05 bits per heavy atom. The molecule has 4 nitrogen and oxygen atoms in total. The van der Waals surface area contributed by atoms with Gasteiger partial charge < -0.3 is 10.6 Å². The molecule has 2 aromatic carbocycles. The molecule has 0 bridgehead atoms. The lowest BCUT2D eigenvalue weighted by molar-refractivity contribution is 0.581. The van der Waals surface area contributed by atoms with Gasteiger partial charge in [-0.3, -0.25) is 0 Å². The highest BCUT2D eigenvalue weighted by molar-refractivity contribution is 7.91. The third-order valence-corrected chi connectivity index (χ3v) is 5.66. The fourth-order valence-electron chi connectivity index (χ4n) is 2.22. The average molecular weight is 322 g/mol. The van der Waals surface area contributed by atoms with Crippen molar-refractivity contribution >= 4 is 15.5 Å². The lowest BCUT2D eigenvalue weighted by Crippen LogP contribution is -2.22. The van der Waals surface area contributed by atoms with Crippen LogP contribution in [0, 0.1) is 5.82 Å². The smallest absolute Gasteiger partial charge is 0.186 e. The fraction of sp³-hybridized carbons (Fsp3) is 0.250. The summed E-state index contributed by atoms with van der Waals surface area (Å²) in [5.41, 5.74) is 7.29. The van der Waals surface area contributed by atoms with Crippen molar-refractivity contribution in [3.8, 4) is 0 Å². The molecule has 1 atom stereocenters. The zero-order valence-electron chi connectivity index (χ0n) is 12.5. The van der Waals surface area contributed by atoms with E-state index in [4.69, 9.17) is 5.73 Å². The largest absolute Gasteiger partial charge is 0.378 e. The zero-order chi connectivity index (χ0) is 16.3. The second-order valence-electron chi connectivity index (χ2n) is 5.21. The molecule has 22 heavy (non-hydrogen) atoms. The Hall–Kier alpha value is -1.92. The van der Waals surface area contributed by atoms with Crippen LogP contribution >= 0.6 is 0 Å². The molecule has 2 aromatic rings. The Labute approximate surface area is 130 Å². The van der Waals surface area contributed by atoms with Crippen LogP contribution in [0.1, 0.15) is 10.8 Å². The number of anilines is 1. The van der Waals surface area contributed by atoms with Crippen LogP contribution in [0.15, 0.2) is 53.4 Å². The van der Waals surface area contributed by atoms with Gasteiger partial charge in [0.15, 0.2) is 9.84 Å². The van der Waals surface area contributed by atoms with Crippen LogP contribution in [-0.4, -0.2) is 29.1 Å². The van der Waals surface area contributed by atoms with E-state index < -0.39 is 20.9 Å². The van der Waals surface area contributed by atoms with E-state index in [2.05, 4.69) is 0 Å². The van der Waals surface area contributed by atoms with Crippen molar-refractivity contribution in [2.75, 3.05) is 25.5 Å². The Kier molecular flexibility index (Phi) is 4.83. The topological polar surface area (TPSA) is 63.4 Å². The Balaban J connectivity index is 2.40. The van der Waals surface area contributed by atoms with Crippen molar-refractivity contribution in [2.45, 2.75) is 10.1 Å². The number of nitrogens with zero attached hydrogens (tertiary/aromatic N) is 1. The van der Waals surface area contributed by atoms with E-state index in [9.17, 15) is 12.8 Å². The van der Waals surface area contributed by atoms with Gasteiger partial charge in [0.05, 0.1) is 4.90 Å². The molecule has 0 heterocycles. The first kappa shape index (κ1) is 16.5. The first-order valence-electron chi connectivity index (χ1n) is 6.83. The molecule has 2 rings (SSSR count). The highest BCUT2D eigenvalue weighted by Crippen LogP contribution is 2.29. The number of sulfone groups is 1. The molecule has 0 aliphatic heterocycles. The van der Waals surface area contributed by atoms with Crippen molar-refractivity contribution in [3.05, 3.63) is 59.9 Å². The summed E-state index contributed by atoms with van der Waals surface area (Å²) in [7, 11) is 0.156. The number of benzene rings is 2. The quantitative estimate of drug-likeness (QED) is 0.859. The summed E-state index contributed by atoms with van der Waals surface area (Å²) in [6, 6.07) is 12.0. The number of nitrogens with two attached hydrogens (primary N) is 1. The SMILES string of the molecule is CN(C)c1ccc([C@@H](CN)S(=O)(=O)c2ccc(F)cc2)cc1. The molecule has 2 N–H and O–H groups in total. The Morgan fingerprint density at radius 2 is 1.59 bits per heavy atom. The van der Waals surface area contributed by atoms with E-state index in [0.29, 0.717) is 5.56 Å². The Bertz CT molecular complexity index is 726. The van der Waals surface area contributed by atoms with E-state index in [1.54, 1.807) is 12.1 Å². The minimum absolute atomic E-state index is 0.0407. The normalized spacial score (nSPS) is 12.9. The molecule has 118 valence electrons. The number of hydrogen-bond acceptors (Lipinski definition) is 4. The van der Waals surface area contributed by atoms with Gasteiger partial charge in [-0.1, -0.05) is 12.1 Å². The van der Waals surface area contributed by atoms with Gasteiger partial charge in [-0.2, -0.15) is 0 Å². The van der Waals surface area contributed by atoms with Crippen molar-refractivity contribution in [3.63, 3.8) is 0 Å². The van der Waals surface area contributed by atoms with E-state index in [0.717, 1.165) is 17.8 Å². The summed E-state index contributed by atoms with van der Waals surface area (Å²) in [6.07, 6.45) is 0. The van der Waals surface area contributed by atoms with Gasteiger partial charge in [0.1, 0.15) is 11.1 Å². The van der Waals surface area contributed by atoms with Crippen LogP contribution in [0.2, 0.25) is 0 Å². The predicted molar refractivity (Wildman–Crippen MR) is 86.2 cm³/mol. The third-order valence-electron chi connectivity index (χ3n) is 3.51. The van der Waals surface area contributed by atoms with Crippen molar-refractivity contribution < 1.29 is 12.8 Å². The van der Waals surface area contributed by atoms with Gasteiger partial charge >= 0.3 is 0 Å². The summed E-state index contributed by atoms with van der Waals surface area (Å²) >= 11 is 0. The van der Waals surface area contributed by atoms with Crippen molar-refractivity contribution in [1.82, 2.24) is 0 Å². The number of rotatable bonds is 5. The molecule has 0 amide bonds. The maximum Gasteiger partial charge on any atom is 0.186 e. The van der Waals surface area contributed by atoms with Gasteiger partial charge in [-0.05, 0) is 42.0 Å². The molecular weight excluding hydrogens is 303 g/mol. The maximum atomic E-state index is 13.0. The highest BCUT2D eigenvalue weighted by Gasteiger charge is 2.27. The first-order chi connectivity index (χ1) is 10.4. The van der Waals surface area contributed by atoms with Gasteiger partial charge in [-0.15, -0.1) is 0 Å². The number of halogens is 1. The molecule has 0 aliphatic carbocycles. The minimum Gasteiger partial charge on any atom is -0.378 e. The van der Waals surface area contributed by atoms with Crippen LogP contribution in [0.4, 0.5) is 10.1 Å². The molecule has 0 aromatic heterocycles. The van der Waals surface area contributed by atoms with E-state index >= 15 is 0 Å². The second-order valence-corrected chi connectivity index (χ2v) is 7.34. The molecule has 0 unspecified atom stereocenters. The average Bonchev–Trinajstić information content (AvgIpc) is 2.48. The summed E-state index contributed by atoms with van der Waals surface area (Å²) in [6.45, 7) is -0.0407. The maximum absolute atomic E-state index is 13.0. The summed E-state index contributed by atoms with van der Waals surface area (Å²) in [5, 5.41) is -0.853. The van der Waals surface area contributed by atoms with Crippen molar-refractivity contribution in [1.29, 1.82) is 0 Å². The Morgan fingerprint density at radius 1 is 1.05 bits per heavy atom. The summed E-state index contributed by atoms with van der Waals surface area (Å²) in [4.78, 5) is 2.00. The van der Waals surface area contributed by atoms with Gasteiger partial charge in [0, 0.05) is 26.3 Å². The van der Waals surface area contributed by atoms with Gasteiger partial charge in [0.25, 0.3) is 0 Å².